The lowest BCUT2D eigenvalue weighted by molar-refractivity contribution is -0.459. The Labute approximate surface area is 144 Å². The molecule has 136 valence electrons. The van der Waals surface area contributed by atoms with Crippen LogP contribution in [0.1, 0.15) is 25.7 Å². The topological polar surface area (TPSA) is 108 Å². The maximum Gasteiger partial charge on any atom is 0.332 e. The molecule has 3 heterocycles. The van der Waals surface area contributed by atoms with Gasteiger partial charge in [0.05, 0.1) is 19.4 Å². The van der Waals surface area contributed by atoms with Crippen LogP contribution in [0.25, 0.3) is 11.2 Å². The van der Waals surface area contributed by atoms with Crippen molar-refractivity contribution in [2.24, 2.45) is 14.1 Å². The molecule has 0 bridgehead atoms. The van der Waals surface area contributed by atoms with Crippen molar-refractivity contribution in [3.63, 3.8) is 0 Å². The average molecular weight is 349 g/mol. The van der Waals surface area contributed by atoms with E-state index in [1.165, 1.54) is 24.4 Å². The molecule has 0 spiro atoms. The van der Waals surface area contributed by atoms with E-state index in [1.54, 1.807) is 11.6 Å². The van der Waals surface area contributed by atoms with Crippen LogP contribution in [0.15, 0.2) is 15.9 Å². The number of nitrogens with one attached hydrogen (secondary N) is 2. The number of imidazole rings is 1. The Morgan fingerprint density at radius 1 is 1.28 bits per heavy atom. The molecule has 0 unspecified atom stereocenters. The normalized spacial score (nSPS) is 16.5. The average Bonchev–Trinajstić information content (AvgIpc) is 2.83. The van der Waals surface area contributed by atoms with Gasteiger partial charge in [-0.05, 0) is 19.3 Å². The molecular formula is C16H25N6O3+. The summed E-state index contributed by atoms with van der Waals surface area (Å²) in [6.45, 7) is 1.56. The highest BCUT2D eigenvalue weighted by Gasteiger charge is 2.18. The predicted octanol–water partition coefficient (Wildman–Crippen LogP) is -2.56. The van der Waals surface area contributed by atoms with Crippen molar-refractivity contribution in [3.8, 4) is 0 Å². The van der Waals surface area contributed by atoms with Gasteiger partial charge < -0.3 is 9.67 Å². The van der Waals surface area contributed by atoms with Gasteiger partial charge >= 0.3 is 5.69 Å². The van der Waals surface area contributed by atoms with Gasteiger partial charge in [0, 0.05) is 20.5 Å². The van der Waals surface area contributed by atoms with Gasteiger partial charge in [-0.15, -0.1) is 0 Å². The van der Waals surface area contributed by atoms with Crippen LogP contribution >= 0.6 is 0 Å². The minimum Gasteiger partial charge on any atom is -0.387 e. The highest BCUT2D eigenvalue weighted by atomic mass is 16.3. The highest BCUT2D eigenvalue weighted by molar-refractivity contribution is 5.76. The summed E-state index contributed by atoms with van der Waals surface area (Å²) in [6.07, 6.45) is 5.29. The molecule has 0 amide bonds. The third kappa shape index (κ3) is 3.51. The van der Waals surface area contributed by atoms with Crippen LogP contribution in [-0.2, 0) is 20.6 Å². The minimum atomic E-state index is -0.683. The van der Waals surface area contributed by atoms with Crippen molar-refractivity contribution in [1.82, 2.24) is 24.0 Å². The van der Waals surface area contributed by atoms with Gasteiger partial charge in [0.25, 0.3) is 5.56 Å². The fraction of sp³-hybridized carbons (Fsp3) is 0.625. The van der Waals surface area contributed by atoms with Crippen molar-refractivity contribution >= 4 is 17.0 Å². The fourth-order valence-corrected chi connectivity index (χ4v) is 3.15. The first-order valence-electron chi connectivity index (χ1n) is 8.61. The summed E-state index contributed by atoms with van der Waals surface area (Å²) in [5.74, 6) is 1.06. The van der Waals surface area contributed by atoms with Gasteiger partial charge in [0.2, 0.25) is 5.84 Å². The van der Waals surface area contributed by atoms with E-state index in [0.717, 1.165) is 36.2 Å². The summed E-state index contributed by atoms with van der Waals surface area (Å²) in [6, 6.07) is 0. The molecule has 1 aliphatic rings. The molecule has 2 aromatic rings. The second-order valence-electron chi connectivity index (χ2n) is 6.53. The first kappa shape index (κ1) is 17.4. The SMILES string of the molecule is Cn1c(=O)c2c(ncn2C[C@H](O)CNC2=[NH+]CCCCC2)n(C)c1=O. The van der Waals surface area contributed by atoms with Crippen molar-refractivity contribution in [2.45, 2.75) is 38.3 Å². The van der Waals surface area contributed by atoms with Crippen LogP contribution in [0, 0.1) is 0 Å². The molecule has 3 rings (SSSR count). The maximum absolute atomic E-state index is 12.4. The van der Waals surface area contributed by atoms with Crippen molar-refractivity contribution in [3.05, 3.63) is 27.2 Å². The second-order valence-corrected chi connectivity index (χ2v) is 6.53. The Hall–Kier alpha value is -2.42. The molecule has 0 aromatic carbocycles. The van der Waals surface area contributed by atoms with Crippen LogP contribution in [0.5, 0.6) is 0 Å². The first-order valence-corrected chi connectivity index (χ1v) is 8.61. The van der Waals surface area contributed by atoms with Crippen molar-refractivity contribution < 1.29 is 10.1 Å². The maximum atomic E-state index is 12.4. The number of hydrogen-bond acceptors (Lipinski definition) is 5. The van der Waals surface area contributed by atoms with E-state index in [1.807, 2.05) is 0 Å². The van der Waals surface area contributed by atoms with Gasteiger partial charge in [0.15, 0.2) is 11.2 Å². The van der Waals surface area contributed by atoms with Gasteiger partial charge in [-0.1, -0.05) is 0 Å². The third-order valence-electron chi connectivity index (χ3n) is 4.62. The zero-order valence-electron chi connectivity index (χ0n) is 14.7. The van der Waals surface area contributed by atoms with Crippen molar-refractivity contribution in [1.29, 1.82) is 0 Å². The third-order valence-corrected chi connectivity index (χ3v) is 4.62. The first-order chi connectivity index (χ1) is 12.0. The van der Waals surface area contributed by atoms with E-state index < -0.39 is 17.4 Å². The molecule has 0 radical (unpaired) electrons. The van der Waals surface area contributed by atoms with Gasteiger partial charge in [-0.2, -0.15) is 0 Å². The number of rotatable bonds is 4. The molecule has 9 heteroatoms. The lowest BCUT2D eigenvalue weighted by Crippen LogP contribution is -2.75. The van der Waals surface area contributed by atoms with E-state index >= 15 is 0 Å². The molecular weight excluding hydrogens is 324 g/mol. The standard InChI is InChI=1S/C16H24N6O3/c1-20-14-13(15(24)21(2)16(20)25)22(10-19-14)9-11(23)8-18-12-6-4-3-5-7-17-12/h10-11,23H,3-9H2,1-2H3,(H,17,18)/p+1/t11-/m1/s1. The number of hydrogen-bond donors (Lipinski definition) is 3. The highest BCUT2D eigenvalue weighted by Crippen LogP contribution is 2.06. The molecule has 1 aliphatic heterocycles. The molecule has 0 saturated carbocycles. The number of fused-ring (bicyclic) bond motifs is 1. The van der Waals surface area contributed by atoms with Crippen LogP contribution < -0.4 is 21.6 Å². The van der Waals surface area contributed by atoms with Gasteiger partial charge in [0.1, 0.15) is 12.6 Å². The number of aliphatic hydroxyl groups excluding tert-OH is 1. The number of nitrogens with zero attached hydrogens (tertiary/aromatic N) is 4. The molecule has 0 aliphatic carbocycles. The molecule has 3 N–H and O–H groups in total. The van der Waals surface area contributed by atoms with Crippen LogP contribution in [0.4, 0.5) is 0 Å². The van der Waals surface area contributed by atoms with Gasteiger partial charge in [-0.25, -0.2) is 9.78 Å². The Kier molecular flexibility index (Phi) is 5.03. The quantitative estimate of drug-likeness (QED) is 0.563. The minimum absolute atomic E-state index is 0.226. The van der Waals surface area contributed by atoms with E-state index in [4.69, 9.17) is 0 Å². The lowest BCUT2D eigenvalue weighted by atomic mass is 10.2. The molecule has 2 aromatic heterocycles. The van der Waals surface area contributed by atoms with Crippen molar-refractivity contribution in [2.75, 3.05) is 13.1 Å². The summed E-state index contributed by atoms with van der Waals surface area (Å²) in [5.41, 5.74) is -0.173. The van der Waals surface area contributed by atoms with Gasteiger partial charge in [-0.3, -0.25) is 24.2 Å². The Balaban J connectivity index is 1.75. The van der Waals surface area contributed by atoms with E-state index in [9.17, 15) is 14.7 Å². The fourth-order valence-electron chi connectivity index (χ4n) is 3.15. The summed E-state index contributed by atoms with van der Waals surface area (Å²) < 4.78 is 3.99. The monoisotopic (exact) mass is 349 g/mol. The number of aryl methyl sites for hydroxylation is 1. The smallest absolute Gasteiger partial charge is 0.332 e. The predicted molar refractivity (Wildman–Crippen MR) is 93.5 cm³/mol. The molecule has 1 atom stereocenters. The van der Waals surface area contributed by atoms with E-state index in [2.05, 4.69) is 15.3 Å². The number of amidine groups is 1. The van der Waals surface area contributed by atoms with E-state index in [-0.39, 0.29) is 6.54 Å². The number of aliphatic hydroxyl groups is 1. The molecule has 0 saturated heterocycles. The Bertz CT molecular complexity index is 907. The zero-order valence-corrected chi connectivity index (χ0v) is 14.7. The molecule has 9 nitrogen and oxygen atoms in total. The van der Waals surface area contributed by atoms with Crippen LogP contribution in [0.3, 0.4) is 0 Å². The summed E-state index contributed by atoms with van der Waals surface area (Å²) in [7, 11) is 3.02. The summed E-state index contributed by atoms with van der Waals surface area (Å²) in [4.78, 5) is 31.8. The van der Waals surface area contributed by atoms with Crippen LogP contribution in [-0.4, -0.2) is 48.8 Å². The Morgan fingerprint density at radius 2 is 2.08 bits per heavy atom. The Morgan fingerprint density at radius 3 is 2.88 bits per heavy atom. The summed E-state index contributed by atoms with van der Waals surface area (Å²) in [5, 5.41) is 13.6. The summed E-state index contributed by atoms with van der Waals surface area (Å²) >= 11 is 0. The second kappa shape index (κ2) is 7.22. The lowest BCUT2D eigenvalue weighted by Gasteiger charge is -2.11. The molecule has 25 heavy (non-hydrogen) atoms. The van der Waals surface area contributed by atoms with Crippen LogP contribution in [0.2, 0.25) is 0 Å². The number of aromatic nitrogens is 4. The largest absolute Gasteiger partial charge is 0.387 e. The zero-order chi connectivity index (χ0) is 18.0. The van der Waals surface area contributed by atoms with E-state index in [0.29, 0.717) is 17.7 Å². The molecule has 0 fully saturated rings.